The lowest BCUT2D eigenvalue weighted by Gasteiger charge is -2.11. The highest BCUT2D eigenvalue weighted by Gasteiger charge is 2.01. The van der Waals surface area contributed by atoms with Gasteiger partial charge in [-0.25, -0.2) is 0 Å². The first-order valence-corrected chi connectivity index (χ1v) is 5.41. The minimum absolute atomic E-state index is 0.108. The molecule has 0 aromatic carbocycles. The van der Waals surface area contributed by atoms with Crippen molar-refractivity contribution in [2.24, 2.45) is 0 Å². The Bertz CT molecular complexity index is 211. The van der Waals surface area contributed by atoms with Gasteiger partial charge in [-0.2, -0.15) is 5.26 Å². The highest BCUT2D eigenvalue weighted by molar-refractivity contribution is 5.69. The number of carbonyl (C=O) groups excluding carboxylic acids is 1. The molecule has 86 valence electrons. The number of hydrogen-bond acceptors (Lipinski definition) is 4. The van der Waals surface area contributed by atoms with Crippen LogP contribution >= 0.6 is 0 Å². The number of hydrogen-bond donors (Lipinski definition) is 0. The summed E-state index contributed by atoms with van der Waals surface area (Å²) < 4.78 is 4.82. The van der Waals surface area contributed by atoms with Crippen molar-refractivity contribution in [3.63, 3.8) is 0 Å². The maximum Gasteiger partial charge on any atom is 0.305 e. The van der Waals surface area contributed by atoms with Gasteiger partial charge in [0.05, 0.1) is 19.2 Å². The monoisotopic (exact) mass is 212 g/mol. The van der Waals surface area contributed by atoms with E-state index in [4.69, 9.17) is 10.00 Å². The van der Waals surface area contributed by atoms with Crippen LogP contribution in [0.5, 0.6) is 0 Å². The number of rotatable bonds is 8. The summed E-state index contributed by atoms with van der Waals surface area (Å²) in [6, 6.07) is 2.10. The van der Waals surface area contributed by atoms with Gasteiger partial charge in [-0.3, -0.25) is 9.69 Å². The molecule has 0 saturated heterocycles. The molecule has 0 fully saturated rings. The van der Waals surface area contributed by atoms with E-state index in [1.807, 2.05) is 18.9 Å². The number of nitrogens with zero attached hydrogens (tertiary/aromatic N) is 2. The predicted molar refractivity (Wildman–Crippen MR) is 58.2 cm³/mol. The Labute approximate surface area is 91.8 Å². The summed E-state index contributed by atoms with van der Waals surface area (Å²) in [6.07, 6.45) is 3.42. The summed E-state index contributed by atoms with van der Waals surface area (Å²) >= 11 is 0. The Balaban J connectivity index is 3.25. The molecule has 0 amide bonds. The maximum absolute atomic E-state index is 11.0. The summed E-state index contributed by atoms with van der Waals surface area (Å²) in [5.74, 6) is -0.108. The van der Waals surface area contributed by atoms with E-state index in [1.165, 1.54) is 0 Å². The van der Waals surface area contributed by atoms with Crippen molar-refractivity contribution in [1.82, 2.24) is 4.90 Å². The molecule has 0 aromatic heterocycles. The summed E-state index contributed by atoms with van der Waals surface area (Å²) in [7, 11) is 1.93. The summed E-state index contributed by atoms with van der Waals surface area (Å²) in [6.45, 7) is 3.66. The average Bonchev–Trinajstić information content (AvgIpc) is 2.18. The number of esters is 1. The third kappa shape index (κ3) is 9.23. The van der Waals surface area contributed by atoms with Crippen LogP contribution in [0.2, 0.25) is 0 Å². The second kappa shape index (κ2) is 9.47. The topological polar surface area (TPSA) is 53.3 Å². The Morgan fingerprint density at radius 1 is 1.40 bits per heavy atom. The third-order valence-corrected chi connectivity index (χ3v) is 2.07. The zero-order valence-corrected chi connectivity index (χ0v) is 9.66. The van der Waals surface area contributed by atoms with Crippen LogP contribution in [0.25, 0.3) is 0 Å². The largest absolute Gasteiger partial charge is 0.466 e. The van der Waals surface area contributed by atoms with Crippen LogP contribution in [0.1, 0.15) is 32.6 Å². The molecule has 0 aliphatic rings. The van der Waals surface area contributed by atoms with Crippen LogP contribution in [0.15, 0.2) is 0 Å². The van der Waals surface area contributed by atoms with E-state index >= 15 is 0 Å². The second-order valence-corrected chi connectivity index (χ2v) is 3.51. The van der Waals surface area contributed by atoms with Gasteiger partial charge in [0.2, 0.25) is 0 Å². The van der Waals surface area contributed by atoms with Crippen molar-refractivity contribution >= 4 is 5.97 Å². The number of carbonyl (C=O) groups is 1. The summed E-state index contributed by atoms with van der Waals surface area (Å²) in [5, 5.41) is 8.42. The summed E-state index contributed by atoms with van der Waals surface area (Å²) in [4.78, 5) is 12.9. The normalized spacial score (nSPS) is 10.0. The van der Waals surface area contributed by atoms with E-state index < -0.39 is 0 Å². The van der Waals surface area contributed by atoms with Gasteiger partial charge in [0.1, 0.15) is 0 Å². The van der Waals surface area contributed by atoms with Crippen molar-refractivity contribution < 1.29 is 9.53 Å². The SMILES string of the molecule is CCOC(=O)CCCCCN(C)CC#N. The van der Waals surface area contributed by atoms with Gasteiger partial charge < -0.3 is 4.74 Å². The molecule has 0 rings (SSSR count). The molecule has 0 heterocycles. The number of ether oxygens (including phenoxy) is 1. The zero-order chi connectivity index (χ0) is 11.5. The first kappa shape index (κ1) is 13.9. The maximum atomic E-state index is 11.0. The first-order valence-electron chi connectivity index (χ1n) is 5.41. The molecule has 0 radical (unpaired) electrons. The van der Waals surface area contributed by atoms with E-state index in [1.54, 1.807) is 0 Å². The van der Waals surface area contributed by atoms with Gasteiger partial charge in [-0.15, -0.1) is 0 Å². The molecule has 4 nitrogen and oxygen atoms in total. The minimum Gasteiger partial charge on any atom is -0.466 e. The first-order chi connectivity index (χ1) is 7.20. The van der Waals surface area contributed by atoms with Crippen LogP contribution in [-0.2, 0) is 9.53 Å². The van der Waals surface area contributed by atoms with Crippen molar-refractivity contribution in [1.29, 1.82) is 5.26 Å². The highest BCUT2D eigenvalue weighted by Crippen LogP contribution is 2.02. The molecule has 15 heavy (non-hydrogen) atoms. The molecule has 4 heteroatoms. The molecule has 0 bridgehead atoms. The number of unbranched alkanes of at least 4 members (excludes halogenated alkanes) is 2. The minimum atomic E-state index is -0.108. The lowest BCUT2D eigenvalue weighted by molar-refractivity contribution is -0.143. The molecule has 0 spiro atoms. The van der Waals surface area contributed by atoms with Crippen molar-refractivity contribution in [2.75, 3.05) is 26.7 Å². The molecule has 0 atom stereocenters. The van der Waals surface area contributed by atoms with Gasteiger partial charge in [0, 0.05) is 6.42 Å². The molecule has 0 unspecified atom stereocenters. The van der Waals surface area contributed by atoms with Crippen LogP contribution in [0.3, 0.4) is 0 Å². The zero-order valence-electron chi connectivity index (χ0n) is 9.66. The van der Waals surface area contributed by atoms with E-state index in [9.17, 15) is 4.79 Å². The second-order valence-electron chi connectivity index (χ2n) is 3.51. The van der Waals surface area contributed by atoms with Crippen molar-refractivity contribution in [2.45, 2.75) is 32.6 Å². The number of nitriles is 1. The Hall–Kier alpha value is -1.08. The standard InChI is InChI=1S/C11H20N2O2/c1-3-15-11(14)7-5-4-6-9-13(2)10-8-12/h3-7,9-10H2,1-2H3. The highest BCUT2D eigenvalue weighted by atomic mass is 16.5. The van der Waals surface area contributed by atoms with Gasteiger partial charge in [0.15, 0.2) is 0 Å². The summed E-state index contributed by atoms with van der Waals surface area (Å²) in [5.41, 5.74) is 0. The molecule has 0 N–H and O–H groups in total. The van der Waals surface area contributed by atoms with Crippen LogP contribution in [-0.4, -0.2) is 37.6 Å². The van der Waals surface area contributed by atoms with E-state index in [-0.39, 0.29) is 5.97 Å². The van der Waals surface area contributed by atoms with Crippen molar-refractivity contribution in [3.05, 3.63) is 0 Å². The Morgan fingerprint density at radius 2 is 2.13 bits per heavy atom. The van der Waals surface area contributed by atoms with Gasteiger partial charge in [0.25, 0.3) is 0 Å². The molecule has 0 aliphatic heterocycles. The van der Waals surface area contributed by atoms with Crippen LogP contribution in [0, 0.1) is 11.3 Å². The Kier molecular flexibility index (Phi) is 8.79. The molecule has 0 aliphatic carbocycles. The lowest BCUT2D eigenvalue weighted by atomic mass is 10.2. The van der Waals surface area contributed by atoms with Crippen molar-refractivity contribution in [3.8, 4) is 6.07 Å². The molecule has 0 saturated carbocycles. The lowest BCUT2D eigenvalue weighted by Crippen LogP contribution is -2.19. The third-order valence-electron chi connectivity index (χ3n) is 2.07. The molecular weight excluding hydrogens is 192 g/mol. The van der Waals surface area contributed by atoms with E-state index in [2.05, 4.69) is 6.07 Å². The fourth-order valence-corrected chi connectivity index (χ4v) is 1.26. The average molecular weight is 212 g/mol. The molecular formula is C11H20N2O2. The molecule has 0 aromatic rings. The fraction of sp³-hybridized carbons (Fsp3) is 0.818. The fourth-order valence-electron chi connectivity index (χ4n) is 1.26. The van der Waals surface area contributed by atoms with Gasteiger partial charge >= 0.3 is 5.97 Å². The Morgan fingerprint density at radius 3 is 2.73 bits per heavy atom. The van der Waals surface area contributed by atoms with E-state index in [0.717, 1.165) is 25.8 Å². The van der Waals surface area contributed by atoms with Crippen LogP contribution in [0.4, 0.5) is 0 Å². The quantitative estimate of drug-likeness (QED) is 0.348. The smallest absolute Gasteiger partial charge is 0.305 e. The predicted octanol–water partition coefficient (Wildman–Crippen LogP) is 1.57. The van der Waals surface area contributed by atoms with Gasteiger partial charge in [-0.05, 0) is 33.4 Å². The van der Waals surface area contributed by atoms with Crippen LogP contribution < -0.4 is 0 Å². The van der Waals surface area contributed by atoms with Gasteiger partial charge in [-0.1, -0.05) is 6.42 Å². The van der Waals surface area contributed by atoms with E-state index in [0.29, 0.717) is 19.6 Å².